The summed E-state index contributed by atoms with van der Waals surface area (Å²) in [7, 11) is 0. The Balaban J connectivity index is 1.07. The number of alkyl halides is 4. The lowest BCUT2D eigenvalue weighted by atomic mass is 10.0. The number of piperidine rings is 1. The molecule has 0 saturated carbocycles. The van der Waals surface area contributed by atoms with E-state index >= 15 is 0 Å². The van der Waals surface area contributed by atoms with Crippen molar-refractivity contribution in [1.29, 1.82) is 5.26 Å². The predicted octanol–water partition coefficient (Wildman–Crippen LogP) is 5.65. The maximum absolute atomic E-state index is 12.9. The van der Waals surface area contributed by atoms with Crippen LogP contribution in [0.2, 0.25) is 0 Å². The summed E-state index contributed by atoms with van der Waals surface area (Å²) in [6, 6.07) is 10.5. The molecular formula is C33H40F4N8OS2. The Hall–Kier alpha value is -3.00. The molecule has 5 heterocycles. The lowest BCUT2D eigenvalue weighted by molar-refractivity contribution is -0.126. The molecule has 2 atom stereocenters. The van der Waals surface area contributed by atoms with Gasteiger partial charge in [0.15, 0.2) is 5.75 Å². The van der Waals surface area contributed by atoms with Crippen LogP contribution in [0.1, 0.15) is 41.5 Å². The van der Waals surface area contributed by atoms with Crippen LogP contribution < -0.4 is 5.32 Å². The van der Waals surface area contributed by atoms with Gasteiger partial charge in [-0.1, -0.05) is 6.07 Å². The van der Waals surface area contributed by atoms with E-state index in [1.165, 1.54) is 11.9 Å². The number of nitrogens with one attached hydrogen (secondary N) is 1. The quantitative estimate of drug-likeness (QED) is 0.158. The molecule has 0 aliphatic carbocycles. The van der Waals surface area contributed by atoms with Gasteiger partial charge < -0.3 is 14.4 Å². The van der Waals surface area contributed by atoms with Gasteiger partial charge in [-0.3, -0.25) is 9.80 Å². The highest BCUT2D eigenvalue weighted by molar-refractivity contribution is 7.89. The molecule has 258 valence electrons. The standard InChI is InChI=1S/C33H40F4N8OS2/c1-22(43-10-12-44(13-11-43)48(46)14-7-34)19-45-26(18-38)15-28-23(2)24(3-4-30(28)45)20-42-8-5-25(6-9-42)41-31-29-16-27(17-33(35,36)37)47-32(29)40-21-39-31/h3-4,15-16,21-22,25H,5-14,17,19-20H2,1-2H3,(H,39,40,41). The SMILES string of the molecule is Cc1c(CN2CCC(Nc3ncnc4sc(CC(F)(F)F)cc34)CC2)ccc2c1cc(C#N)n2CC(C)N1CCN([S+]([O-])CCF)CC1. The van der Waals surface area contributed by atoms with E-state index in [2.05, 4.69) is 61.7 Å². The van der Waals surface area contributed by atoms with Gasteiger partial charge in [0, 0.05) is 78.5 Å². The van der Waals surface area contributed by atoms with Crippen molar-refractivity contribution in [2.24, 2.45) is 0 Å². The van der Waals surface area contributed by atoms with Crippen molar-refractivity contribution in [2.45, 2.75) is 64.5 Å². The van der Waals surface area contributed by atoms with Crippen molar-refractivity contribution in [3.63, 3.8) is 0 Å². The number of aryl methyl sites for hydroxylation is 1. The summed E-state index contributed by atoms with van der Waals surface area (Å²) in [5.41, 5.74) is 4.04. The van der Waals surface area contributed by atoms with Gasteiger partial charge in [-0.15, -0.1) is 15.6 Å². The first kappa shape index (κ1) is 34.8. The Bertz CT molecular complexity index is 1760. The van der Waals surface area contributed by atoms with Crippen molar-refractivity contribution in [3.8, 4) is 6.07 Å². The van der Waals surface area contributed by atoms with Gasteiger partial charge in [0.2, 0.25) is 0 Å². The second-order valence-corrected chi connectivity index (χ2v) is 15.4. The number of halogens is 4. The Kier molecular flexibility index (Phi) is 10.8. The molecule has 1 aromatic carbocycles. The normalized spacial score (nSPS) is 18.8. The fourth-order valence-electron chi connectivity index (χ4n) is 6.88. The van der Waals surface area contributed by atoms with E-state index in [4.69, 9.17) is 0 Å². The number of nitrogens with zero attached hydrogens (tertiary/aromatic N) is 7. The van der Waals surface area contributed by atoms with Crippen LogP contribution in [0.4, 0.5) is 23.4 Å². The number of rotatable bonds is 11. The molecule has 0 amide bonds. The average Bonchev–Trinajstić information content (AvgIpc) is 3.64. The molecule has 2 aliphatic heterocycles. The number of aromatic nitrogens is 3. The molecule has 0 bridgehead atoms. The van der Waals surface area contributed by atoms with Crippen LogP contribution in [0.3, 0.4) is 0 Å². The van der Waals surface area contributed by atoms with Crippen LogP contribution in [-0.4, -0.2) is 103 Å². The molecule has 48 heavy (non-hydrogen) atoms. The topological polar surface area (TPSA) is 99.3 Å². The maximum atomic E-state index is 12.9. The van der Waals surface area contributed by atoms with Crippen molar-refractivity contribution in [3.05, 3.63) is 52.3 Å². The Morgan fingerprint density at radius 1 is 1.10 bits per heavy atom. The van der Waals surface area contributed by atoms with Crippen LogP contribution in [0.15, 0.2) is 30.6 Å². The van der Waals surface area contributed by atoms with Gasteiger partial charge in [-0.25, -0.2) is 14.4 Å². The summed E-state index contributed by atoms with van der Waals surface area (Å²) in [4.78, 5) is 14.1. The third-order valence-electron chi connectivity index (χ3n) is 9.54. The Morgan fingerprint density at radius 3 is 2.54 bits per heavy atom. The van der Waals surface area contributed by atoms with E-state index < -0.39 is 30.6 Å². The van der Waals surface area contributed by atoms with Crippen LogP contribution in [-0.2, 0) is 30.9 Å². The van der Waals surface area contributed by atoms with Crippen molar-refractivity contribution >= 4 is 49.6 Å². The van der Waals surface area contributed by atoms with E-state index in [9.17, 15) is 27.4 Å². The number of thiophene rings is 1. The van der Waals surface area contributed by atoms with Crippen LogP contribution in [0.25, 0.3) is 21.1 Å². The molecule has 2 unspecified atom stereocenters. The molecule has 2 aliphatic rings. The zero-order valence-electron chi connectivity index (χ0n) is 27.1. The highest BCUT2D eigenvalue weighted by atomic mass is 32.2. The monoisotopic (exact) mass is 704 g/mol. The van der Waals surface area contributed by atoms with E-state index in [1.807, 2.05) is 10.4 Å². The number of nitriles is 1. The summed E-state index contributed by atoms with van der Waals surface area (Å²) in [6.45, 7) is 9.63. The van der Waals surface area contributed by atoms with Gasteiger partial charge in [-0.05, 0) is 56.0 Å². The zero-order chi connectivity index (χ0) is 34.0. The number of hydrogen-bond donors (Lipinski definition) is 1. The van der Waals surface area contributed by atoms with Crippen LogP contribution in [0.5, 0.6) is 0 Å². The zero-order valence-corrected chi connectivity index (χ0v) is 28.7. The summed E-state index contributed by atoms with van der Waals surface area (Å²) in [5, 5.41) is 15.2. The molecule has 6 rings (SSSR count). The fraction of sp³-hybridized carbons (Fsp3) is 0.545. The number of hydrogen-bond acceptors (Lipinski definition) is 9. The molecule has 2 saturated heterocycles. The van der Waals surface area contributed by atoms with Gasteiger partial charge >= 0.3 is 6.18 Å². The molecular weight excluding hydrogens is 665 g/mol. The lowest BCUT2D eigenvalue weighted by Crippen LogP contribution is -2.52. The molecule has 15 heteroatoms. The van der Waals surface area contributed by atoms with Crippen LogP contribution >= 0.6 is 11.3 Å². The highest BCUT2D eigenvalue weighted by Gasteiger charge is 2.30. The van der Waals surface area contributed by atoms with Crippen molar-refractivity contribution in [1.82, 2.24) is 28.6 Å². The molecule has 3 aromatic heterocycles. The molecule has 9 nitrogen and oxygen atoms in total. The minimum atomic E-state index is -4.27. The molecule has 1 N–H and O–H groups in total. The molecule has 2 fully saturated rings. The van der Waals surface area contributed by atoms with E-state index in [-0.39, 0.29) is 22.7 Å². The molecule has 0 spiro atoms. The first-order chi connectivity index (χ1) is 23.0. The van der Waals surface area contributed by atoms with Gasteiger partial charge in [0.05, 0.1) is 24.9 Å². The summed E-state index contributed by atoms with van der Waals surface area (Å²) >= 11 is -0.214. The Labute approximate surface area is 284 Å². The summed E-state index contributed by atoms with van der Waals surface area (Å²) in [6.07, 6.45) is -2.08. The third kappa shape index (κ3) is 7.90. The summed E-state index contributed by atoms with van der Waals surface area (Å²) < 4.78 is 67.6. The largest absolute Gasteiger partial charge is 0.598 e. The second-order valence-electron chi connectivity index (χ2n) is 12.7. The lowest BCUT2D eigenvalue weighted by Gasteiger charge is -2.37. The number of fused-ring (bicyclic) bond motifs is 2. The van der Waals surface area contributed by atoms with Gasteiger partial charge in [-0.2, -0.15) is 18.4 Å². The maximum Gasteiger partial charge on any atom is 0.393 e. The Morgan fingerprint density at radius 2 is 1.85 bits per heavy atom. The second kappa shape index (κ2) is 14.9. The predicted molar refractivity (Wildman–Crippen MR) is 182 cm³/mol. The van der Waals surface area contributed by atoms with Crippen molar-refractivity contribution < 1.29 is 22.1 Å². The number of likely N-dealkylation sites (tertiary alicyclic amines) is 1. The van der Waals surface area contributed by atoms with Gasteiger partial charge in [0.1, 0.15) is 35.4 Å². The highest BCUT2D eigenvalue weighted by Crippen LogP contribution is 2.33. The first-order valence-corrected chi connectivity index (χ1v) is 18.4. The van der Waals surface area contributed by atoms with Crippen molar-refractivity contribution in [2.75, 3.05) is 57.0 Å². The average molecular weight is 705 g/mol. The van der Waals surface area contributed by atoms with E-state index in [0.717, 1.165) is 73.4 Å². The smallest absolute Gasteiger partial charge is 0.393 e. The first-order valence-electron chi connectivity index (χ1n) is 16.3. The van der Waals surface area contributed by atoms with Crippen LogP contribution in [0, 0.1) is 18.3 Å². The van der Waals surface area contributed by atoms with E-state index in [0.29, 0.717) is 41.4 Å². The minimum absolute atomic E-state index is 0.0517. The number of piperazine rings is 1. The fourth-order valence-corrected chi connectivity index (χ4v) is 8.87. The molecule has 4 aromatic rings. The number of benzene rings is 1. The third-order valence-corrected chi connectivity index (χ3v) is 12.0. The minimum Gasteiger partial charge on any atom is -0.598 e. The molecule has 0 radical (unpaired) electrons. The summed E-state index contributed by atoms with van der Waals surface area (Å²) in [5.74, 6) is 0.639. The van der Waals surface area contributed by atoms with E-state index in [1.54, 1.807) is 6.07 Å². The number of anilines is 1. The van der Waals surface area contributed by atoms with Gasteiger partial charge in [0.25, 0.3) is 0 Å².